The van der Waals surface area contributed by atoms with E-state index >= 15 is 0 Å². The average molecular weight is 341 g/mol. The Morgan fingerprint density at radius 3 is 2.56 bits per heavy atom. The Balaban J connectivity index is 1.58. The van der Waals surface area contributed by atoms with Crippen LogP contribution < -0.4 is 10.1 Å². The molecule has 7 heteroatoms. The van der Waals surface area contributed by atoms with Gasteiger partial charge in [-0.3, -0.25) is 14.6 Å². The zero-order valence-corrected chi connectivity index (χ0v) is 13.6. The molecule has 130 valence electrons. The first-order chi connectivity index (χ1) is 12.1. The van der Waals surface area contributed by atoms with Gasteiger partial charge in [-0.2, -0.15) is 0 Å². The van der Waals surface area contributed by atoms with Crippen LogP contribution in [0, 0.1) is 11.8 Å². The molecule has 0 unspecified atom stereocenters. The fourth-order valence-electron chi connectivity index (χ4n) is 2.94. The number of nitrogens with one attached hydrogen (secondary N) is 1. The molecule has 3 rings (SSSR count). The first-order valence-corrected chi connectivity index (χ1v) is 8.19. The smallest absolute Gasteiger partial charge is 0.306 e. The molecule has 2 N–H and O–H groups in total. The van der Waals surface area contributed by atoms with Crippen molar-refractivity contribution in [2.24, 2.45) is 11.8 Å². The number of anilines is 1. The number of carboxylic acids is 1. The number of carbonyl (C=O) groups is 2. The highest BCUT2D eigenvalue weighted by Crippen LogP contribution is 2.30. The van der Waals surface area contributed by atoms with E-state index in [1.165, 1.54) is 12.4 Å². The number of rotatable bonds is 5. The van der Waals surface area contributed by atoms with Crippen molar-refractivity contribution in [2.75, 3.05) is 5.32 Å². The summed E-state index contributed by atoms with van der Waals surface area (Å²) in [5, 5.41) is 11.9. The van der Waals surface area contributed by atoms with Crippen LogP contribution in [0.2, 0.25) is 0 Å². The predicted molar refractivity (Wildman–Crippen MR) is 90.3 cm³/mol. The topological polar surface area (TPSA) is 101 Å². The third-order valence-electron chi connectivity index (χ3n) is 4.31. The molecule has 1 heterocycles. The minimum Gasteiger partial charge on any atom is -0.481 e. The van der Waals surface area contributed by atoms with Gasteiger partial charge < -0.3 is 15.2 Å². The number of amides is 1. The molecule has 0 radical (unpaired) electrons. The SMILES string of the molecule is O=C(O)C1CCC(C(=O)Nc2cccc(Oc3cnccn3)c2)CC1. The molecule has 1 amide bonds. The first-order valence-electron chi connectivity index (χ1n) is 8.19. The monoisotopic (exact) mass is 341 g/mol. The Kier molecular flexibility index (Phi) is 5.23. The van der Waals surface area contributed by atoms with E-state index in [1.54, 1.807) is 30.5 Å². The van der Waals surface area contributed by atoms with Gasteiger partial charge in [-0.25, -0.2) is 4.98 Å². The van der Waals surface area contributed by atoms with Gasteiger partial charge in [0.15, 0.2) is 0 Å². The van der Waals surface area contributed by atoms with E-state index in [9.17, 15) is 9.59 Å². The van der Waals surface area contributed by atoms with Crippen molar-refractivity contribution in [1.82, 2.24) is 9.97 Å². The van der Waals surface area contributed by atoms with E-state index in [1.807, 2.05) is 0 Å². The lowest BCUT2D eigenvalue weighted by atomic mass is 9.81. The van der Waals surface area contributed by atoms with Crippen LogP contribution in [-0.2, 0) is 9.59 Å². The van der Waals surface area contributed by atoms with Crippen LogP contribution in [0.15, 0.2) is 42.9 Å². The molecule has 25 heavy (non-hydrogen) atoms. The van der Waals surface area contributed by atoms with Gasteiger partial charge in [-0.1, -0.05) is 6.07 Å². The van der Waals surface area contributed by atoms with Crippen molar-refractivity contribution in [3.63, 3.8) is 0 Å². The Hall–Kier alpha value is -2.96. The van der Waals surface area contributed by atoms with E-state index < -0.39 is 5.97 Å². The van der Waals surface area contributed by atoms with Crippen LogP contribution >= 0.6 is 0 Å². The Morgan fingerprint density at radius 2 is 1.88 bits per heavy atom. The summed E-state index contributed by atoms with van der Waals surface area (Å²) in [6.45, 7) is 0. The van der Waals surface area contributed by atoms with Crippen LogP contribution in [-0.4, -0.2) is 27.0 Å². The molecule has 1 fully saturated rings. The second kappa shape index (κ2) is 7.74. The normalized spacial score (nSPS) is 19.8. The summed E-state index contributed by atoms with van der Waals surface area (Å²) in [6, 6.07) is 7.05. The van der Waals surface area contributed by atoms with E-state index in [-0.39, 0.29) is 17.7 Å². The number of aromatic nitrogens is 2. The lowest BCUT2D eigenvalue weighted by Gasteiger charge is -2.25. The van der Waals surface area contributed by atoms with E-state index in [0.717, 1.165) is 0 Å². The lowest BCUT2D eigenvalue weighted by molar-refractivity contribution is -0.143. The summed E-state index contributed by atoms with van der Waals surface area (Å²) >= 11 is 0. The van der Waals surface area contributed by atoms with Gasteiger partial charge in [0.05, 0.1) is 12.1 Å². The van der Waals surface area contributed by atoms with Crippen molar-refractivity contribution in [3.05, 3.63) is 42.9 Å². The molecule has 0 atom stereocenters. The van der Waals surface area contributed by atoms with Gasteiger partial charge in [0, 0.05) is 30.1 Å². The third-order valence-corrected chi connectivity index (χ3v) is 4.31. The number of nitrogens with zero attached hydrogens (tertiary/aromatic N) is 2. The van der Waals surface area contributed by atoms with Crippen molar-refractivity contribution in [2.45, 2.75) is 25.7 Å². The first kappa shape index (κ1) is 16.9. The summed E-state index contributed by atoms with van der Waals surface area (Å²) in [5.74, 6) is -0.410. The van der Waals surface area contributed by atoms with Gasteiger partial charge in [0.1, 0.15) is 5.75 Å². The standard InChI is InChI=1S/C18H19N3O4/c22-17(12-4-6-13(7-5-12)18(23)24)21-14-2-1-3-15(10-14)25-16-11-19-8-9-20-16/h1-3,8-13H,4-7H2,(H,21,22)(H,23,24). The fourth-order valence-corrected chi connectivity index (χ4v) is 2.94. The molecular weight excluding hydrogens is 322 g/mol. The van der Waals surface area contributed by atoms with Crippen LogP contribution in [0.3, 0.4) is 0 Å². The zero-order valence-electron chi connectivity index (χ0n) is 13.6. The van der Waals surface area contributed by atoms with Crippen LogP contribution in [0.4, 0.5) is 5.69 Å². The summed E-state index contributed by atoms with van der Waals surface area (Å²) in [7, 11) is 0. The number of hydrogen-bond acceptors (Lipinski definition) is 5. The molecule has 0 bridgehead atoms. The van der Waals surface area contributed by atoms with Crippen LogP contribution in [0.25, 0.3) is 0 Å². The second-order valence-corrected chi connectivity index (χ2v) is 6.05. The number of carboxylic acid groups (broad SMARTS) is 1. The summed E-state index contributed by atoms with van der Waals surface area (Å²) in [4.78, 5) is 31.3. The lowest BCUT2D eigenvalue weighted by Crippen LogP contribution is -2.29. The van der Waals surface area contributed by atoms with Gasteiger partial charge in [0.25, 0.3) is 0 Å². The van der Waals surface area contributed by atoms with Crippen molar-refractivity contribution in [1.29, 1.82) is 0 Å². The number of hydrogen-bond donors (Lipinski definition) is 2. The quantitative estimate of drug-likeness (QED) is 0.866. The molecule has 1 aliphatic carbocycles. The van der Waals surface area contributed by atoms with Crippen molar-refractivity contribution >= 4 is 17.6 Å². The summed E-state index contributed by atoms with van der Waals surface area (Å²) < 4.78 is 5.60. The Labute approximate surface area is 145 Å². The van der Waals surface area contributed by atoms with Gasteiger partial charge >= 0.3 is 5.97 Å². The minimum atomic E-state index is -0.771. The van der Waals surface area contributed by atoms with E-state index in [0.29, 0.717) is 43.0 Å². The van der Waals surface area contributed by atoms with E-state index in [2.05, 4.69) is 15.3 Å². The Bertz CT molecular complexity index is 743. The number of aliphatic carboxylic acids is 1. The molecule has 0 aliphatic heterocycles. The van der Waals surface area contributed by atoms with Gasteiger partial charge in [0.2, 0.25) is 11.8 Å². The fraction of sp³-hybridized carbons (Fsp3) is 0.333. The molecule has 2 aromatic rings. The summed E-state index contributed by atoms with van der Waals surface area (Å²) in [6.07, 6.45) is 6.88. The van der Waals surface area contributed by atoms with E-state index in [4.69, 9.17) is 9.84 Å². The molecule has 1 aromatic heterocycles. The van der Waals surface area contributed by atoms with Gasteiger partial charge in [-0.15, -0.1) is 0 Å². The molecular formula is C18H19N3O4. The maximum absolute atomic E-state index is 12.4. The molecule has 0 saturated heterocycles. The highest BCUT2D eigenvalue weighted by atomic mass is 16.5. The largest absolute Gasteiger partial charge is 0.481 e. The molecule has 0 spiro atoms. The van der Waals surface area contributed by atoms with Crippen LogP contribution in [0.5, 0.6) is 11.6 Å². The number of carbonyl (C=O) groups excluding carboxylic acids is 1. The number of ether oxygens (including phenoxy) is 1. The third kappa shape index (κ3) is 4.53. The maximum atomic E-state index is 12.4. The highest BCUT2D eigenvalue weighted by molar-refractivity contribution is 5.92. The van der Waals surface area contributed by atoms with Crippen molar-refractivity contribution in [3.8, 4) is 11.6 Å². The molecule has 1 aliphatic rings. The van der Waals surface area contributed by atoms with Crippen molar-refractivity contribution < 1.29 is 19.4 Å². The molecule has 1 saturated carbocycles. The average Bonchev–Trinajstić information content (AvgIpc) is 2.63. The number of benzene rings is 1. The molecule has 7 nitrogen and oxygen atoms in total. The second-order valence-electron chi connectivity index (χ2n) is 6.05. The van der Waals surface area contributed by atoms with Gasteiger partial charge in [-0.05, 0) is 37.8 Å². The maximum Gasteiger partial charge on any atom is 0.306 e. The minimum absolute atomic E-state index is 0.0829. The predicted octanol–water partition coefficient (Wildman–Crippen LogP) is 3.10. The zero-order chi connectivity index (χ0) is 17.6. The Morgan fingerprint density at radius 1 is 1.12 bits per heavy atom. The van der Waals surface area contributed by atoms with Crippen LogP contribution in [0.1, 0.15) is 25.7 Å². The highest BCUT2D eigenvalue weighted by Gasteiger charge is 2.29. The molecule has 1 aromatic carbocycles. The summed E-state index contributed by atoms with van der Waals surface area (Å²) in [5.41, 5.74) is 0.631.